The number of aryl methyl sites for hydroxylation is 1. The fourth-order valence-corrected chi connectivity index (χ4v) is 4.76. The molecule has 1 amide bonds. The van der Waals surface area contributed by atoms with Gasteiger partial charge < -0.3 is 9.88 Å². The van der Waals surface area contributed by atoms with Crippen molar-refractivity contribution in [3.63, 3.8) is 0 Å². The minimum absolute atomic E-state index is 0.0776. The Labute approximate surface area is 168 Å². The summed E-state index contributed by atoms with van der Waals surface area (Å²) in [6.07, 6.45) is 5.83. The summed E-state index contributed by atoms with van der Waals surface area (Å²) in [7, 11) is -1.73. The van der Waals surface area contributed by atoms with Crippen LogP contribution in [0.5, 0.6) is 0 Å². The summed E-state index contributed by atoms with van der Waals surface area (Å²) in [5.74, 6) is -1.32. The molecule has 2 aromatic heterocycles. The van der Waals surface area contributed by atoms with Crippen LogP contribution in [0.1, 0.15) is 42.0 Å². The maximum atomic E-state index is 13.6. The van der Waals surface area contributed by atoms with Gasteiger partial charge in [0.1, 0.15) is 27.4 Å². The second kappa shape index (κ2) is 7.77. The lowest BCUT2D eigenvalue weighted by Crippen LogP contribution is -2.36. The Balaban J connectivity index is 2.03. The molecule has 3 rings (SSSR count). The number of nitriles is 1. The number of nitrogens with zero attached hydrogens (tertiary/aromatic N) is 3. The van der Waals surface area contributed by atoms with E-state index in [1.807, 2.05) is 19.9 Å². The van der Waals surface area contributed by atoms with Crippen molar-refractivity contribution in [1.29, 1.82) is 10.0 Å². The SMILES string of the molecule is CC[C@H](C)C1C=Cc2c(cn(C)c2C(=O)Nc2cc(F)nc(C#N)c2)S(=N)(=O)N1. The first kappa shape index (κ1) is 20.7. The van der Waals surface area contributed by atoms with Crippen molar-refractivity contribution in [2.24, 2.45) is 13.0 Å². The van der Waals surface area contributed by atoms with Crippen LogP contribution in [0.3, 0.4) is 0 Å². The summed E-state index contributed by atoms with van der Waals surface area (Å²) < 4.78 is 39.3. The highest BCUT2D eigenvalue weighted by Crippen LogP contribution is 2.29. The van der Waals surface area contributed by atoms with Crippen LogP contribution < -0.4 is 10.0 Å². The first-order valence-electron chi connectivity index (χ1n) is 8.99. The van der Waals surface area contributed by atoms with E-state index in [2.05, 4.69) is 15.0 Å². The van der Waals surface area contributed by atoms with Gasteiger partial charge in [-0.05, 0) is 12.0 Å². The van der Waals surface area contributed by atoms with Crippen molar-refractivity contribution in [3.05, 3.63) is 47.3 Å². The summed E-state index contributed by atoms with van der Waals surface area (Å²) in [6, 6.07) is 3.72. The zero-order valence-corrected chi connectivity index (χ0v) is 17.0. The highest BCUT2D eigenvalue weighted by molar-refractivity contribution is 7.90. The molecule has 3 atom stereocenters. The number of carbonyl (C=O) groups excluding carboxylic acids is 1. The number of amides is 1. The van der Waals surface area contributed by atoms with Gasteiger partial charge in [0.25, 0.3) is 5.91 Å². The number of pyridine rings is 1. The van der Waals surface area contributed by atoms with E-state index in [4.69, 9.17) is 10.0 Å². The molecule has 0 saturated carbocycles. The molecule has 0 saturated heterocycles. The van der Waals surface area contributed by atoms with E-state index in [-0.39, 0.29) is 33.9 Å². The number of fused-ring (bicyclic) bond motifs is 1. The molecule has 2 unspecified atom stereocenters. The zero-order valence-electron chi connectivity index (χ0n) is 16.2. The van der Waals surface area contributed by atoms with E-state index in [9.17, 15) is 13.4 Å². The van der Waals surface area contributed by atoms with Gasteiger partial charge in [-0.1, -0.05) is 32.4 Å². The smallest absolute Gasteiger partial charge is 0.272 e. The minimum Gasteiger partial charge on any atom is -0.345 e. The Hall–Kier alpha value is -3.03. The largest absolute Gasteiger partial charge is 0.345 e. The van der Waals surface area contributed by atoms with Crippen molar-refractivity contribution in [1.82, 2.24) is 14.3 Å². The molecule has 0 spiro atoms. The number of rotatable bonds is 4. The fraction of sp³-hybridized carbons (Fsp3) is 0.316. The van der Waals surface area contributed by atoms with E-state index < -0.39 is 21.8 Å². The lowest BCUT2D eigenvalue weighted by Gasteiger charge is -2.20. The standard InChI is InChI=1S/C19H21FN6O2S/c1-4-11(2)15-6-5-14-16(29(22,28)25-15)10-26(3)18(14)19(27)24-12-7-13(9-21)23-17(20)8-12/h5-8,10-11,15H,4H2,1-3H3,(H2,22,25,28)(H,23,24,27)/t11-,15?,29?/m0/s1. The van der Waals surface area contributed by atoms with E-state index in [1.54, 1.807) is 19.2 Å². The van der Waals surface area contributed by atoms with Crippen molar-refractivity contribution in [3.8, 4) is 6.07 Å². The highest BCUT2D eigenvalue weighted by Gasteiger charge is 2.29. The number of halogens is 1. The maximum absolute atomic E-state index is 13.6. The van der Waals surface area contributed by atoms with Crippen LogP contribution in [0.2, 0.25) is 0 Å². The topological polar surface area (TPSA) is 124 Å². The number of carbonyl (C=O) groups is 1. The van der Waals surface area contributed by atoms with Crippen molar-refractivity contribution >= 4 is 27.6 Å². The van der Waals surface area contributed by atoms with Gasteiger partial charge in [0.15, 0.2) is 0 Å². The monoisotopic (exact) mass is 416 g/mol. The second-order valence-corrected chi connectivity index (χ2v) is 8.73. The van der Waals surface area contributed by atoms with E-state index in [0.29, 0.717) is 5.56 Å². The molecule has 0 bridgehead atoms. The number of aromatic nitrogens is 2. The normalized spacial score (nSPS) is 21.7. The first-order chi connectivity index (χ1) is 13.7. The van der Waals surface area contributed by atoms with Gasteiger partial charge in [-0.15, -0.1) is 0 Å². The Morgan fingerprint density at radius 1 is 1.55 bits per heavy atom. The lowest BCUT2D eigenvalue weighted by atomic mass is 9.99. The fourth-order valence-electron chi connectivity index (χ4n) is 3.16. The van der Waals surface area contributed by atoms with Crippen LogP contribution in [0.4, 0.5) is 10.1 Å². The molecule has 1 aliphatic rings. The van der Waals surface area contributed by atoms with Crippen molar-refractivity contribution < 1.29 is 13.4 Å². The van der Waals surface area contributed by atoms with Crippen LogP contribution in [0, 0.1) is 28.0 Å². The lowest BCUT2D eigenvalue weighted by molar-refractivity contribution is 0.101. The molecule has 0 aliphatic carbocycles. The van der Waals surface area contributed by atoms with E-state index >= 15 is 0 Å². The van der Waals surface area contributed by atoms with Gasteiger partial charge >= 0.3 is 0 Å². The average molecular weight is 416 g/mol. The van der Waals surface area contributed by atoms with Crippen molar-refractivity contribution in [2.75, 3.05) is 5.32 Å². The second-order valence-electron chi connectivity index (χ2n) is 6.94. The predicted octanol–water partition coefficient (Wildman–Crippen LogP) is 3.03. The molecular formula is C19H21FN6O2S. The summed E-state index contributed by atoms with van der Waals surface area (Å²) in [4.78, 5) is 16.5. The summed E-state index contributed by atoms with van der Waals surface area (Å²) >= 11 is 0. The summed E-state index contributed by atoms with van der Waals surface area (Å²) in [6.45, 7) is 4.00. The molecule has 2 aromatic rings. The molecular weight excluding hydrogens is 395 g/mol. The molecule has 3 heterocycles. The minimum atomic E-state index is -3.33. The van der Waals surface area contributed by atoms with Crippen molar-refractivity contribution in [2.45, 2.75) is 31.2 Å². The third-order valence-corrected chi connectivity index (χ3v) is 6.45. The molecule has 0 fully saturated rings. The molecule has 0 radical (unpaired) electrons. The van der Waals surface area contributed by atoms with Gasteiger partial charge in [0, 0.05) is 36.6 Å². The Kier molecular flexibility index (Phi) is 5.55. The Morgan fingerprint density at radius 2 is 2.28 bits per heavy atom. The average Bonchev–Trinajstić information content (AvgIpc) is 2.94. The van der Waals surface area contributed by atoms with Crippen LogP contribution >= 0.6 is 0 Å². The number of hydrogen-bond donors (Lipinski definition) is 3. The molecule has 8 nitrogen and oxygen atoms in total. The molecule has 0 aromatic carbocycles. The van der Waals surface area contributed by atoms with Gasteiger partial charge in [-0.25, -0.2) is 18.7 Å². The van der Waals surface area contributed by atoms with Crippen LogP contribution in [-0.2, 0) is 17.0 Å². The van der Waals surface area contributed by atoms with Gasteiger partial charge in [-0.3, -0.25) is 4.79 Å². The number of hydrogen-bond acceptors (Lipinski definition) is 5. The molecule has 3 N–H and O–H groups in total. The summed E-state index contributed by atoms with van der Waals surface area (Å²) in [5.41, 5.74) is 0.464. The van der Waals surface area contributed by atoms with Gasteiger partial charge in [0.05, 0.1) is 4.90 Å². The Bertz CT molecular complexity index is 1150. The molecule has 1 aliphatic heterocycles. The summed E-state index contributed by atoms with van der Waals surface area (Å²) in [5, 5.41) is 11.5. The van der Waals surface area contributed by atoms with E-state index in [0.717, 1.165) is 12.5 Å². The van der Waals surface area contributed by atoms with E-state index in [1.165, 1.54) is 16.8 Å². The first-order valence-corrected chi connectivity index (χ1v) is 10.5. The third kappa shape index (κ3) is 4.06. The highest BCUT2D eigenvalue weighted by atomic mass is 32.2. The maximum Gasteiger partial charge on any atom is 0.272 e. The Morgan fingerprint density at radius 3 is 2.93 bits per heavy atom. The van der Waals surface area contributed by atoms with Crippen LogP contribution in [0.15, 0.2) is 29.3 Å². The molecule has 152 valence electrons. The number of anilines is 1. The quantitative estimate of drug-likeness (QED) is 0.663. The predicted molar refractivity (Wildman–Crippen MR) is 107 cm³/mol. The third-order valence-electron chi connectivity index (χ3n) is 4.90. The molecule has 10 heteroatoms. The zero-order chi connectivity index (χ0) is 21.3. The van der Waals surface area contributed by atoms with Gasteiger partial charge in [-0.2, -0.15) is 9.65 Å². The van der Waals surface area contributed by atoms with Gasteiger partial charge in [0.2, 0.25) is 5.95 Å². The van der Waals surface area contributed by atoms with Crippen LogP contribution in [0.25, 0.3) is 6.08 Å². The molecule has 29 heavy (non-hydrogen) atoms. The van der Waals surface area contributed by atoms with Crippen LogP contribution in [-0.4, -0.2) is 25.7 Å². The number of nitrogens with one attached hydrogen (secondary N) is 3.